The molecule has 3 nitrogen and oxygen atoms in total. The molecule has 0 aliphatic heterocycles. The van der Waals surface area contributed by atoms with Gasteiger partial charge in [0, 0.05) is 0 Å². The average Bonchev–Trinajstić information content (AvgIpc) is 2.37. The maximum absolute atomic E-state index is 11.3. The van der Waals surface area contributed by atoms with Crippen molar-refractivity contribution in [2.45, 2.75) is 97.0 Å². The van der Waals surface area contributed by atoms with Gasteiger partial charge in [0.15, 0.2) is 0 Å². The molecule has 0 bridgehead atoms. The maximum Gasteiger partial charge on any atom is 0.309 e. The molecule has 3 heteroatoms. The lowest BCUT2D eigenvalue weighted by Crippen LogP contribution is -2.39. The van der Waals surface area contributed by atoms with Crippen LogP contribution >= 0.6 is 0 Å². The van der Waals surface area contributed by atoms with Gasteiger partial charge in [0.1, 0.15) is 0 Å². The Hall–Kier alpha value is -0.570. The van der Waals surface area contributed by atoms with Crippen molar-refractivity contribution in [3.63, 3.8) is 0 Å². The van der Waals surface area contributed by atoms with Crippen molar-refractivity contribution in [1.82, 2.24) is 0 Å². The van der Waals surface area contributed by atoms with Gasteiger partial charge in [-0.3, -0.25) is 4.79 Å². The third-order valence-electron chi connectivity index (χ3n) is 4.18. The third kappa shape index (κ3) is 8.57. The highest BCUT2D eigenvalue weighted by molar-refractivity contribution is 5.71. The van der Waals surface area contributed by atoms with Gasteiger partial charge in [-0.25, -0.2) is 0 Å². The van der Waals surface area contributed by atoms with Crippen LogP contribution in [0.5, 0.6) is 0 Å². The van der Waals surface area contributed by atoms with E-state index in [1.807, 2.05) is 6.92 Å². The highest BCUT2D eigenvalue weighted by Crippen LogP contribution is 2.28. The van der Waals surface area contributed by atoms with Crippen molar-refractivity contribution in [2.75, 3.05) is 0 Å². The summed E-state index contributed by atoms with van der Waals surface area (Å²) in [5, 5.41) is 19.7. The van der Waals surface area contributed by atoms with Crippen LogP contribution in [0, 0.1) is 5.92 Å². The first-order valence-electron chi connectivity index (χ1n) is 8.40. The van der Waals surface area contributed by atoms with Crippen molar-refractivity contribution < 1.29 is 15.0 Å². The molecule has 0 rings (SSSR count). The Balaban J connectivity index is 3.97. The second kappa shape index (κ2) is 11.1. The van der Waals surface area contributed by atoms with Crippen LogP contribution in [0.3, 0.4) is 0 Å². The summed E-state index contributed by atoms with van der Waals surface area (Å²) in [6, 6.07) is 0. The van der Waals surface area contributed by atoms with Crippen molar-refractivity contribution >= 4 is 5.97 Å². The van der Waals surface area contributed by atoms with E-state index in [2.05, 4.69) is 6.92 Å². The first-order valence-corrected chi connectivity index (χ1v) is 8.40. The van der Waals surface area contributed by atoms with E-state index in [0.717, 1.165) is 25.7 Å². The summed E-state index contributed by atoms with van der Waals surface area (Å²) in [6.45, 7) is 5.95. The number of aliphatic hydroxyl groups is 1. The normalized spacial score (nSPS) is 15.8. The molecular formula is C17H34O3. The van der Waals surface area contributed by atoms with E-state index >= 15 is 0 Å². The summed E-state index contributed by atoms with van der Waals surface area (Å²) < 4.78 is 0. The smallest absolute Gasteiger partial charge is 0.309 e. The number of rotatable bonds is 13. The Morgan fingerprint density at radius 3 is 1.95 bits per heavy atom. The fraction of sp³-hybridized carbons (Fsp3) is 0.941. The van der Waals surface area contributed by atoms with Crippen LogP contribution in [0.4, 0.5) is 0 Å². The van der Waals surface area contributed by atoms with E-state index in [0.29, 0.717) is 12.8 Å². The van der Waals surface area contributed by atoms with Crippen molar-refractivity contribution in [2.24, 2.45) is 5.92 Å². The van der Waals surface area contributed by atoms with Crippen LogP contribution in [0.25, 0.3) is 0 Å². The molecule has 2 unspecified atom stereocenters. The van der Waals surface area contributed by atoms with Gasteiger partial charge in [0.25, 0.3) is 0 Å². The summed E-state index contributed by atoms with van der Waals surface area (Å²) in [7, 11) is 0. The first-order chi connectivity index (χ1) is 9.45. The molecule has 120 valence electrons. The van der Waals surface area contributed by atoms with Crippen LogP contribution in [-0.4, -0.2) is 21.8 Å². The minimum Gasteiger partial charge on any atom is -0.481 e. The topological polar surface area (TPSA) is 57.5 Å². The van der Waals surface area contributed by atoms with Crippen molar-refractivity contribution in [1.29, 1.82) is 0 Å². The van der Waals surface area contributed by atoms with Crippen LogP contribution in [-0.2, 0) is 4.79 Å². The molecule has 0 aromatic rings. The van der Waals surface area contributed by atoms with Gasteiger partial charge in [0.05, 0.1) is 11.5 Å². The predicted octanol–water partition coefficient (Wildman–Crippen LogP) is 4.77. The molecule has 0 spiro atoms. The Kier molecular flexibility index (Phi) is 10.8. The third-order valence-corrected chi connectivity index (χ3v) is 4.18. The second-order valence-corrected chi connectivity index (χ2v) is 6.26. The molecule has 2 atom stereocenters. The van der Waals surface area contributed by atoms with Gasteiger partial charge in [-0.05, 0) is 19.8 Å². The zero-order valence-corrected chi connectivity index (χ0v) is 13.7. The number of carboxylic acids is 1. The molecule has 0 heterocycles. The molecule has 20 heavy (non-hydrogen) atoms. The highest BCUT2D eigenvalue weighted by Gasteiger charge is 2.36. The number of hydrogen-bond acceptors (Lipinski definition) is 2. The maximum atomic E-state index is 11.3. The first kappa shape index (κ1) is 19.4. The molecule has 0 saturated heterocycles. The fourth-order valence-corrected chi connectivity index (χ4v) is 2.72. The summed E-state index contributed by atoms with van der Waals surface area (Å²) in [6.07, 6.45) is 11.3. The predicted molar refractivity (Wildman–Crippen MR) is 83.9 cm³/mol. The standard InChI is InChI=1S/C17H34O3/c1-4-6-8-9-10-11-12-14-17(3,20)15(16(18)19)13-7-5-2/h15,20H,4-14H2,1-3H3,(H,18,19). The highest BCUT2D eigenvalue weighted by atomic mass is 16.4. The molecule has 0 fully saturated rings. The number of carboxylic acid groups (broad SMARTS) is 1. The summed E-state index contributed by atoms with van der Waals surface area (Å²) in [5.41, 5.74) is -1.07. The largest absolute Gasteiger partial charge is 0.481 e. The van der Waals surface area contributed by atoms with Gasteiger partial charge >= 0.3 is 5.97 Å². The molecule has 0 aliphatic carbocycles. The Labute approximate surface area is 124 Å². The lowest BCUT2D eigenvalue weighted by molar-refractivity contribution is -0.152. The molecule has 0 aromatic carbocycles. The van der Waals surface area contributed by atoms with Crippen LogP contribution in [0.15, 0.2) is 0 Å². The molecule has 0 saturated carbocycles. The lowest BCUT2D eigenvalue weighted by Gasteiger charge is -2.30. The van der Waals surface area contributed by atoms with Gasteiger partial charge in [-0.15, -0.1) is 0 Å². The van der Waals surface area contributed by atoms with E-state index < -0.39 is 17.5 Å². The number of carbonyl (C=O) groups is 1. The van der Waals surface area contributed by atoms with Gasteiger partial charge in [-0.2, -0.15) is 0 Å². The summed E-state index contributed by atoms with van der Waals surface area (Å²) in [5.74, 6) is -1.48. The minimum atomic E-state index is -1.07. The summed E-state index contributed by atoms with van der Waals surface area (Å²) >= 11 is 0. The van der Waals surface area contributed by atoms with Crippen LogP contribution in [0.1, 0.15) is 91.4 Å². The Morgan fingerprint density at radius 1 is 0.950 bits per heavy atom. The minimum absolute atomic E-state index is 0.579. The quantitative estimate of drug-likeness (QED) is 0.479. The van der Waals surface area contributed by atoms with Crippen LogP contribution in [0.2, 0.25) is 0 Å². The molecule has 2 N–H and O–H groups in total. The van der Waals surface area contributed by atoms with E-state index in [9.17, 15) is 15.0 Å². The molecule has 0 radical (unpaired) electrons. The monoisotopic (exact) mass is 286 g/mol. The van der Waals surface area contributed by atoms with E-state index in [4.69, 9.17) is 0 Å². The van der Waals surface area contributed by atoms with E-state index in [-0.39, 0.29) is 0 Å². The van der Waals surface area contributed by atoms with Gasteiger partial charge in [-0.1, -0.05) is 71.6 Å². The van der Waals surface area contributed by atoms with Crippen molar-refractivity contribution in [3.8, 4) is 0 Å². The lowest BCUT2D eigenvalue weighted by atomic mass is 9.81. The van der Waals surface area contributed by atoms with E-state index in [1.54, 1.807) is 6.92 Å². The average molecular weight is 286 g/mol. The second-order valence-electron chi connectivity index (χ2n) is 6.26. The zero-order chi connectivity index (χ0) is 15.4. The number of unbranched alkanes of at least 4 members (excludes halogenated alkanes) is 7. The number of aliphatic carboxylic acids is 1. The number of hydrogen-bond donors (Lipinski definition) is 2. The molecule has 0 aliphatic rings. The van der Waals surface area contributed by atoms with Crippen LogP contribution < -0.4 is 0 Å². The summed E-state index contributed by atoms with van der Waals surface area (Å²) in [4.78, 5) is 11.3. The van der Waals surface area contributed by atoms with Gasteiger partial charge in [0.2, 0.25) is 0 Å². The van der Waals surface area contributed by atoms with Gasteiger partial charge < -0.3 is 10.2 Å². The molecule has 0 aromatic heterocycles. The zero-order valence-electron chi connectivity index (χ0n) is 13.7. The molecule has 0 amide bonds. The molecular weight excluding hydrogens is 252 g/mol. The van der Waals surface area contributed by atoms with Crippen molar-refractivity contribution in [3.05, 3.63) is 0 Å². The Bertz CT molecular complexity index is 249. The Morgan fingerprint density at radius 2 is 1.45 bits per heavy atom. The SMILES string of the molecule is CCCCCCCCCC(C)(O)C(CCCC)C(=O)O. The fourth-order valence-electron chi connectivity index (χ4n) is 2.72. The van der Waals surface area contributed by atoms with E-state index in [1.165, 1.54) is 32.1 Å².